The molecule has 0 aromatic carbocycles. The molecule has 52 valence electrons. The summed E-state index contributed by atoms with van der Waals surface area (Å²) >= 11 is 0. The zero-order valence-electron chi connectivity index (χ0n) is 5.55. The van der Waals surface area contributed by atoms with Gasteiger partial charge in [0, 0.05) is 0 Å². The molecule has 9 heavy (non-hydrogen) atoms. The Bertz CT molecular complexity index is 64.1. The van der Waals surface area contributed by atoms with Crippen LogP contribution in [0.3, 0.4) is 0 Å². The van der Waals surface area contributed by atoms with E-state index in [0.29, 0.717) is 6.54 Å². The molecule has 0 radical (unpaired) electrons. The molecule has 3 heteroatoms. The third-order valence-corrected chi connectivity index (χ3v) is 1.23. The molecule has 0 rings (SSSR count). The monoisotopic (exact) mass is 255 g/mol. The number of carbonyl (C=O) groups is 1. The van der Waals surface area contributed by atoms with Crippen molar-refractivity contribution in [1.82, 2.24) is 4.90 Å². The topological polar surface area (TPSA) is 20.3 Å². The fourth-order valence-corrected chi connectivity index (χ4v) is 0.587. The molecule has 0 aromatic rings. The molecule has 0 aliphatic heterocycles. The van der Waals surface area contributed by atoms with Crippen LogP contribution in [0.1, 0.15) is 13.8 Å². The molecule has 0 amide bonds. The van der Waals surface area contributed by atoms with E-state index in [1.54, 1.807) is 0 Å². The molecule has 0 aliphatic carbocycles. The molecule has 2 nitrogen and oxygen atoms in total. The summed E-state index contributed by atoms with van der Waals surface area (Å²) in [6.07, 6.45) is 0.938. The van der Waals surface area contributed by atoms with Gasteiger partial charge < -0.3 is 4.79 Å². The number of hydrogen-bond acceptors (Lipinski definition) is 2. The molecule has 0 heterocycles. The summed E-state index contributed by atoms with van der Waals surface area (Å²) in [6.45, 7) is 6.61. The number of carbonyl (C=O) groups excluding carboxylic acids is 1. The molecule has 0 N–H and O–H groups in total. The van der Waals surface area contributed by atoms with Crippen LogP contribution < -0.4 is 0 Å². The maximum atomic E-state index is 9.89. The fraction of sp³-hybridized carbons (Fsp3) is 0.833. The molecule has 0 saturated carbocycles. The molecular weight excluding hydrogens is 239 g/mol. The van der Waals surface area contributed by atoms with Crippen molar-refractivity contribution >= 4 is 55.2 Å². The Hall–Kier alpha value is 1.20. The van der Waals surface area contributed by atoms with Gasteiger partial charge in [-0.15, -0.1) is 0 Å². The molecule has 0 unspecified atom stereocenters. The Morgan fingerprint density at radius 2 is 1.78 bits per heavy atom. The van der Waals surface area contributed by atoms with Gasteiger partial charge in [0.2, 0.25) is 0 Å². The first-order valence-electron chi connectivity index (χ1n) is 3.01. The van der Waals surface area contributed by atoms with Crippen molar-refractivity contribution in [2.24, 2.45) is 0 Å². The summed E-state index contributed by atoms with van der Waals surface area (Å²) in [5.41, 5.74) is 0. The van der Waals surface area contributed by atoms with Crippen LogP contribution in [0, 0.1) is 0 Å². The van der Waals surface area contributed by atoms with Gasteiger partial charge in [-0.05, 0) is 13.1 Å². The SMILES string of the molecule is CCN(CC)CC=O.[BaH2]. The first kappa shape index (κ1) is 12.8. The number of likely N-dealkylation sites (N-methyl/N-ethyl adjacent to an activating group) is 1. The summed E-state index contributed by atoms with van der Waals surface area (Å²) in [5, 5.41) is 0. The van der Waals surface area contributed by atoms with Crippen LogP contribution in [-0.2, 0) is 4.79 Å². The van der Waals surface area contributed by atoms with Crippen LogP contribution in [-0.4, -0.2) is 79.7 Å². The average Bonchev–Trinajstić information content (AvgIpc) is 1.83. The third-order valence-electron chi connectivity index (χ3n) is 1.23. The molecule has 0 saturated heterocycles. The van der Waals surface area contributed by atoms with Crippen molar-refractivity contribution < 1.29 is 4.79 Å². The van der Waals surface area contributed by atoms with Crippen molar-refractivity contribution in [2.75, 3.05) is 19.6 Å². The molecule has 0 aliphatic rings. The van der Waals surface area contributed by atoms with Crippen LogP contribution in [0.2, 0.25) is 0 Å². The van der Waals surface area contributed by atoms with Crippen LogP contribution in [0.15, 0.2) is 0 Å². The number of aldehydes is 1. The van der Waals surface area contributed by atoms with E-state index in [1.807, 2.05) is 13.8 Å². The van der Waals surface area contributed by atoms with E-state index in [0.717, 1.165) is 19.4 Å². The summed E-state index contributed by atoms with van der Waals surface area (Å²) in [6, 6.07) is 0. The normalized spacial score (nSPS) is 8.78. The van der Waals surface area contributed by atoms with E-state index in [1.165, 1.54) is 0 Å². The van der Waals surface area contributed by atoms with Gasteiger partial charge in [0.05, 0.1) is 6.54 Å². The first-order chi connectivity index (χ1) is 3.85. The Balaban J connectivity index is 0. The van der Waals surface area contributed by atoms with Gasteiger partial charge in [-0.1, -0.05) is 13.8 Å². The average molecular weight is 255 g/mol. The summed E-state index contributed by atoms with van der Waals surface area (Å²) in [5.74, 6) is 0. The van der Waals surface area contributed by atoms with Crippen molar-refractivity contribution in [3.63, 3.8) is 0 Å². The standard InChI is InChI=1S/C6H13NO.Ba.2H/c1-3-7(4-2)5-6-8;;;/h6H,3-5H2,1-2H3;;;. The van der Waals surface area contributed by atoms with E-state index in [2.05, 4.69) is 4.90 Å². The van der Waals surface area contributed by atoms with Crippen LogP contribution in [0.5, 0.6) is 0 Å². The van der Waals surface area contributed by atoms with Crippen LogP contribution in [0.25, 0.3) is 0 Å². The second-order valence-corrected chi connectivity index (χ2v) is 1.65. The quantitative estimate of drug-likeness (QED) is 0.503. The van der Waals surface area contributed by atoms with Crippen molar-refractivity contribution in [3.8, 4) is 0 Å². The Kier molecular flexibility index (Phi) is 13.1. The van der Waals surface area contributed by atoms with E-state index in [4.69, 9.17) is 0 Å². The first-order valence-corrected chi connectivity index (χ1v) is 3.01. The zero-order valence-corrected chi connectivity index (χ0v) is 5.55. The van der Waals surface area contributed by atoms with E-state index in [9.17, 15) is 4.79 Å². The fourth-order valence-electron chi connectivity index (χ4n) is 0.587. The molecule has 0 aromatic heterocycles. The molecule has 0 atom stereocenters. The van der Waals surface area contributed by atoms with Crippen molar-refractivity contribution in [2.45, 2.75) is 13.8 Å². The molecule has 0 fully saturated rings. The second kappa shape index (κ2) is 9.20. The zero-order chi connectivity index (χ0) is 6.41. The Labute approximate surface area is 97.1 Å². The minimum absolute atomic E-state index is 0. The summed E-state index contributed by atoms with van der Waals surface area (Å²) in [7, 11) is 0. The number of rotatable bonds is 4. The van der Waals surface area contributed by atoms with Gasteiger partial charge in [-0.3, -0.25) is 4.90 Å². The molecule has 0 spiro atoms. The Morgan fingerprint density at radius 1 is 1.33 bits per heavy atom. The van der Waals surface area contributed by atoms with Gasteiger partial charge in [-0.2, -0.15) is 0 Å². The van der Waals surface area contributed by atoms with Gasteiger partial charge in [0.1, 0.15) is 6.29 Å². The number of hydrogen-bond donors (Lipinski definition) is 0. The van der Waals surface area contributed by atoms with E-state index in [-0.39, 0.29) is 48.9 Å². The molecular formula is C6H15BaNO. The van der Waals surface area contributed by atoms with Crippen LogP contribution >= 0.6 is 0 Å². The van der Waals surface area contributed by atoms with Crippen molar-refractivity contribution in [1.29, 1.82) is 0 Å². The predicted octanol–water partition coefficient (Wildman–Crippen LogP) is -0.389. The van der Waals surface area contributed by atoms with Gasteiger partial charge in [-0.25, -0.2) is 0 Å². The second-order valence-electron chi connectivity index (χ2n) is 1.65. The van der Waals surface area contributed by atoms with Gasteiger partial charge in [0.25, 0.3) is 0 Å². The van der Waals surface area contributed by atoms with Crippen molar-refractivity contribution in [3.05, 3.63) is 0 Å². The minimum atomic E-state index is 0. The Morgan fingerprint density at radius 3 is 1.89 bits per heavy atom. The third kappa shape index (κ3) is 7.09. The van der Waals surface area contributed by atoms with E-state index < -0.39 is 0 Å². The predicted molar refractivity (Wildman–Crippen MR) is 42.4 cm³/mol. The summed E-state index contributed by atoms with van der Waals surface area (Å²) in [4.78, 5) is 12.0. The van der Waals surface area contributed by atoms with E-state index >= 15 is 0 Å². The van der Waals surface area contributed by atoms with Gasteiger partial charge >= 0.3 is 48.9 Å². The van der Waals surface area contributed by atoms with Crippen LogP contribution in [0.4, 0.5) is 0 Å². The molecule has 0 bridgehead atoms. The number of nitrogens with zero attached hydrogens (tertiary/aromatic N) is 1. The summed E-state index contributed by atoms with van der Waals surface area (Å²) < 4.78 is 0. The van der Waals surface area contributed by atoms with Gasteiger partial charge in [0.15, 0.2) is 0 Å². The maximum absolute atomic E-state index is 9.89.